The van der Waals surface area contributed by atoms with Crippen LogP contribution in [0.5, 0.6) is 0 Å². The van der Waals surface area contributed by atoms with Gasteiger partial charge in [0.2, 0.25) is 11.8 Å². The molecule has 0 aliphatic heterocycles. The van der Waals surface area contributed by atoms with Crippen LogP contribution in [-0.2, 0) is 31.9 Å². The fraction of sp³-hybridized carbons (Fsp3) is 0.450. The van der Waals surface area contributed by atoms with Crippen molar-refractivity contribution >= 4 is 24.0 Å². The van der Waals surface area contributed by atoms with Gasteiger partial charge in [-0.25, -0.2) is 9.59 Å². The minimum absolute atomic E-state index is 0.0629. The zero-order valence-corrected chi connectivity index (χ0v) is 31.0. The number of aliphatic hydroxyl groups excluding tert-OH is 1. The molecule has 0 spiro atoms. The van der Waals surface area contributed by atoms with Gasteiger partial charge in [-0.15, -0.1) is 0 Å². The van der Waals surface area contributed by atoms with Gasteiger partial charge in [0.05, 0.1) is 26.4 Å². The third-order valence-electron chi connectivity index (χ3n) is 8.66. The van der Waals surface area contributed by atoms with E-state index in [1.165, 1.54) is 14.2 Å². The van der Waals surface area contributed by atoms with E-state index in [2.05, 4.69) is 21.3 Å². The van der Waals surface area contributed by atoms with Crippen LogP contribution in [0.25, 0.3) is 11.1 Å². The van der Waals surface area contributed by atoms with E-state index >= 15 is 0 Å². The van der Waals surface area contributed by atoms with Crippen LogP contribution in [0, 0.1) is 10.8 Å². The van der Waals surface area contributed by atoms with Crippen LogP contribution in [0.15, 0.2) is 84.9 Å². The first-order chi connectivity index (χ1) is 24.0. The van der Waals surface area contributed by atoms with E-state index in [1.807, 2.05) is 126 Å². The molecule has 0 unspecified atom stereocenters. The Morgan fingerprint density at radius 3 is 1.49 bits per heavy atom. The lowest BCUT2D eigenvalue weighted by Crippen LogP contribution is -2.59. The molecule has 5 N–H and O–H groups in total. The van der Waals surface area contributed by atoms with Crippen molar-refractivity contribution in [1.82, 2.24) is 21.3 Å². The van der Waals surface area contributed by atoms with E-state index in [1.54, 1.807) is 0 Å². The molecule has 0 radical (unpaired) electrons. The van der Waals surface area contributed by atoms with E-state index < -0.39 is 65.1 Å². The Balaban J connectivity index is 1.96. The number of alkyl carbamates (subject to hydrolysis) is 2. The van der Waals surface area contributed by atoms with Crippen molar-refractivity contribution in [3.05, 3.63) is 96.1 Å². The van der Waals surface area contributed by atoms with Gasteiger partial charge in [0, 0.05) is 6.04 Å². The quantitative estimate of drug-likeness (QED) is 0.151. The van der Waals surface area contributed by atoms with Gasteiger partial charge in [0.25, 0.3) is 0 Å². The van der Waals surface area contributed by atoms with Crippen molar-refractivity contribution in [3.63, 3.8) is 0 Å². The fourth-order valence-corrected chi connectivity index (χ4v) is 5.80. The molecular weight excluding hydrogens is 648 g/mol. The summed E-state index contributed by atoms with van der Waals surface area (Å²) in [5.74, 6) is -0.926. The molecule has 4 amide bonds. The van der Waals surface area contributed by atoms with Crippen LogP contribution >= 0.6 is 0 Å². The molecule has 0 aromatic heterocycles. The summed E-state index contributed by atoms with van der Waals surface area (Å²) in [6.45, 7) is 11.0. The highest BCUT2D eigenvalue weighted by atomic mass is 16.5. The van der Waals surface area contributed by atoms with Gasteiger partial charge < -0.3 is 35.8 Å². The Hall–Kier alpha value is -4.90. The highest BCUT2D eigenvalue weighted by Gasteiger charge is 2.37. The molecule has 5 atom stereocenters. The molecule has 11 heteroatoms. The van der Waals surface area contributed by atoms with Gasteiger partial charge in [0.1, 0.15) is 12.1 Å². The monoisotopic (exact) mass is 702 g/mol. The van der Waals surface area contributed by atoms with Crippen molar-refractivity contribution in [3.8, 4) is 11.1 Å². The average molecular weight is 703 g/mol. The van der Waals surface area contributed by atoms with Gasteiger partial charge in [-0.3, -0.25) is 9.59 Å². The maximum absolute atomic E-state index is 13.9. The second kappa shape index (κ2) is 18.4. The van der Waals surface area contributed by atoms with Crippen molar-refractivity contribution < 1.29 is 33.8 Å². The Morgan fingerprint density at radius 1 is 0.588 bits per heavy atom. The lowest BCUT2D eigenvalue weighted by molar-refractivity contribution is -0.128. The first-order valence-electron chi connectivity index (χ1n) is 17.2. The lowest BCUT2D eigenvalue weighted by Gasteiger charge is -2.34. The van der Waals surface area contributed by atoms with Crippen LogP contribution in [0.1, 0.15) is 59.1 Å². The first-order valence-corrected chi connectivity index (χ1v) is 17.2. The SMILES string of the molecule is COC(=O)N[C@H](C(=O)N[C@@H](Cc1ccccc1)C[C@H](O)[C@H](Cc1ccc(-c2ccccc2)cc1)NC(=O)[C@@H](NC(=O)OC)C(C)(C)C)C(C)(C)C. The number of ether oxygens (including phenoxy) is 2. The maximum atomic E-state index is 13.9. The molecule has 0 fully saturated rings. The number of hydrogen-bond donors (Lipinski definition) is 5. The van der Waals surface area contributed by atoms with E-state index in [4.69, 9.17) is 9.47 Å². The van der Waals surface area contributed by atoms with E-state index in [9.17, 15) is 24.3 Å². The predicted molar refractivity (Wildman–Crippen MR) is 198 cm³/mol. The highest BCUT2D eigenvalue weighted by Crippen LogP contribution is 2.24. The summed E-state index contributed by atoms with van der Waals surface area (Å²) in [6.07, 6.45) is -1.93. The normalized spacial score (nSPS) is 14.5. The number of aliphatic hydroxyl groups is 1. The summed E-state index contributed by atoms with van der Waals surface area (Å²) in [4.78, 5) is 52.0. The lowest BCUT2D eigenvalue weighted by atomic mass is 9.85. The van der Waals surface area contributed by atoms with Crippen LogP contribution in [-0.4, -0.2) is 73.6 Å². The summed E-state index contributed by atoms with van der Waals surface area (Å²) >= 11 is 0. The number of benzene rings is 3. The standard InChI is InChI=1S/C40H54N4O7/c1-39(2,3)33(43-37(48)50-7)35(46)41-30(23-26-15-11-9-12-16-26)25-32(45)31(42-36(47)34(40(4,5)6)44-38(49)51-8)24-27-19-21-29(22-20-27)28-17-13-10-14-18-28/h9-22,30-34,45H,23-25H2,1-8H3,(H,41,46)(H,42,47)(H,43,48)(H,44,49)/t30-,31-,32-,33+,34+/m0/s1. The zero-order valence-electron chi connectivity index (χ0n) is 31.0. The summed E-state index contributed by atoms with van der Waals surface area (Å²) in [5, 5.41) is 23.3. The molecule has 0 saturated carbocycles. The van der Waals surface area contributed by atoms with Crippen LogP contribution in [0.4, 0.5) is 9.59 Å². The molecule has 11 nitrogen and oxygen atoms in total. The van der Waals surface area contributed by atoms with E-state index in [0.717, 1.165) is 22.3 Å². The van der Waals surface area contributed by atoms with Crippen molar-refractivity contribution in [2.24, 2.45) is 10.8 Å². The molecular formula is C40H54N4O7. The van der Waals surface area contributed by atoms with Crippen LogP contribution in [0.2, 0.25) is 0 Å². The van der Waals surface area contributed by atoms with Gasteiger partial charge >= 0.3 is 12.2 Å². The molecule has 3 rings (SSSR count). The fourth-order valence-electron chi connectivity index (χ4n) is 5.80. The second-order valence-corrected chi connectivity index (χ2v) is 15.0. The number of rotatable bonds is 14. The minimum Gasteiger partial charge on any atom is -0.453 e. The Kier molecular flexibility index (Phi) is 14.6. The summed E-state index contributed by atoms with van der Waals surface area (Å²) < 4.78 is 9.57. The number of carbonyl (C=O) groups excluding carboxylic acids is 4. The first kappa shape index (κ1) is 40.5. The number of carbonyl (C=O) groups is 4. The smallest absolute Gasteiger partial charge is 0.407 e. The van der Waals surface area contributed by atoms with Crippen molar-refractivity contribution in [2.75, 3.05) is 14.2 Å². The number of nitrogens with one attached hydrogen (secondary N) is 4. The molecule has 0 bridgehead atoms. The summed E-state index contributed by atoms with van der Waals surface area (Å²) in [5.41, 5.74) is 2.52. The molecule has 0 saturated heterocycles. The van der Waals surface area contributed by atoms with Crippen molar-refractivity contribution in [2.45, 2.75) is 91.1 Å². The van der Waals surface area contributed by atoms with Crippen LogP contribution < -0.4 is 21.3 Å². The van der Waals surface area contributed by atoms with Gasteiger partial charge in [-0.1, -0.05) is 126 Å². The Bertz CT molecular complexity index is 1570. The van der Waals surface area contributed by atoms with Gasteiger partial charge in [0.15, 0.2) is 0 Å². The number of hydrogen-bond acceptors (Lipinski definition) is 7. The maximum Gasteiger partial charge on any atom is 0.407 e. The highest BCUT2D eigenvalue weighted by molar-refractivity contribution is 5.87. The topological polar surface area (TPSA) is 155 Å². The average Bonchev–Trinajstić information content (AvgIpc) is 3.08. The predicted octanol–water partition coefficient (Wildman–Crippen LogP) is 5.40. The summed E-state index contributed by atoms with van der Waals surface area (Å²) in [6, 6.07) is 24.1. The molecule has 0 heterocycles. The third kappa shape index (κ3) is 12.7. The number of methoxy groups -OCH3 is 2. The molecule has 3 aromatic carbocycles. The molecule has 3 aromatic rings. The Labute approximate surface area is 301 Å². The zero-order chi connectivity index (χ0) is 37.8. The summed E-state index contributed by atoms with van der Waals surface area (Å²) in [7, 11) is 2.46. The number of amides is 4. The van der Waals surface area contributed by atoms with Gasteiger partial charge in [-0.05, 0) is 52.3 Å². The molecule has 276 valence electrons. The Morgan fingerprint density at radius 2 is 1.02 bits per heavy atom. The van der Waals surface area contributed by atoms with E-state index in [-0.39, 0.29) is 12.8 Å². The third-order valence-corrected chi connectivity index (χ3v) is 8.66. The molecule has 0 aliphatic carbocycles. The van der Waals surface area contributed by atoms with E-state index in [0.29, 0.717) is 6.42 Å². The molecule has 0 aliphatic rings. The second-order valence-electron chi connectivity index (χ2n) is 15.0. The van der Waals surface area contributed by atoms with Crippen LogP contribution in [0.3, 0.4) is 0 Å². The largest absolute Gasteiger partial charge is 0.453 e. The van der Waals surface area contributed by atoms with Gasteiger partial charge in [-0.2, -0.15) is 0 Å². The van der Waals surface area contributed by atoms with Crippen molar-refractivity contribution in [1.29, 1.82) is 0 Å². The minimum atomic E-state index is -1.14. The molecule has 51 heavy (non-hydrogen) atoms.